The molecule has 0 aliphatic heterocycles. The van der Waals surface area contributed by atoms with E-state index in [1.54, 1.807) is 0 Å². The molecule has 6 aromatic carbocycles. The zero-order valence-electron chi connectivity index (χ0n) is 20.9. The van der Waals surface area contributed by atoms with Crippen LogP contribution in [0, 0.1) is 0 Å². The third-order valence-electron chi connectivity index (χ3n) is 7.31. The van der Waals surface area contributed by atoms with Crippen LogP contribution in [-0.4, -0.2) is 15.0 Å². The maximum absolute atomic E-state index is 6.16. The Hall–Kier alpha value is -5.35. The van der Waals surface area contributed by atoms with E-state index in [0.29, 0.717) is 17.5 Å². The molecule has 0 saturated carbocycles. The number of nitrogens with zero attached hydrogens (tertiary/aromatic N) is 3. The van der Waals surface area contributed by atoms with Crippen molar-refractivity contribution >= 4 is 43.5 Å². The highest BCUT2D eigenvalue weighted by Crippen LogP contribution is 2.37. The number of rotatable bonds is 3. The first-order chi connectivity index (χ1) is 19.3. The summed E-state index contributed by atoms with van der Waals surface area (Å²) in [5, 5.41) is 6.88. The van der Waals surface area contributed by atoms with Gasteiger partial charge in [-0.05, 0) is 39.7 Å². The fourth-order valence-electron chi connectivity index (χ4n) is 5.45. The molecule has 4 heteroatoms. The molecule has 0 aliphatic rings. The van der Waals surface area contributed by atoms with E-state index in [-0.39, 0.29) is 0 Å². The van der Waals surface area contributed by atoms with Crippen LogP contribution >= 0.6 is 0 Å². The van der Waals surface area contributed by atoms with Crippen LogP contribution in [0.5, 0.6) is 0 Å². The summed E-state index contributed by atoms with van der Waals surface area (Å²) in [5.74, 6) is 1.90. The molecule has 0 fully saturated rings. The lowest BCUT2D eigenvalue weighted by Crippen LogP contribution is -2.00. The van der Waals surface area contributed by atoms with Gasteiger partial charge in [-0.25, -0.2) is 15.0 Å². The summed E-state index contributed by atoms with van der Waals surface area (Å²) in [5.41, 5.74) is 4.47. The van der Waals surface area contributed by atoms with Crippen LogP contribution < -0.4 is 0 Å². The van der Waals surface area contributed by atoms with Crippen LogP contribution in [-0.2, 0) is 0 Å². The predicted octanol–water partition coefficient (Wildman–Crippen LogP) is 9.08. The lowest BCUT2D eigenvalue weighted by atomic mass is 10.00. The van der Waals surface area contributed by atoms with E-state index in [0.717, 1.165) is 44.0 Å². The Morgan fingerprint density at radius 1 is 0.410 bits per heavy atom. The van der Waals surface area contributed by atoms with Gasteiger partial charge >= 0.3 is 0 Å². The molecule has 0 unspecified atom stereocenters. The fraction of sp³-hybridized carbons (Fsp3) is 0. The number of furan rings is 1. The Kier molecular flexibility index (Phi) is 4.79. The zero-order chi connectivity index (χ0) is 25.8. The molecule has 0 bridgehead atoms. The summed E-state index contributed by atoms with van der Waals surface area (Å²) in [7, 11) is 0. The van der Waals surface area contributed by atoms with Crippen LogP contribution in [0.25, 0.3) is 77.6 Å². The van der Waals surface area contributed by atoms with Gasteiger partial charge in [0.25, 0.3) is 0 Å². The minimum Gasteiger partial charge on any atom is -0.456 e. The van der Waals surface area contributed by atoms with Crippen LogP contribution in [0.4, 0.5) is 0 Å². The summed E-state index contributed by atoms with van der Waals surface area (Å²) in [4.78, 5) is 15.0. The highest BCUT2D eigenvalue weighted by molar-refractivity contribution is 6.12. The van der Waals surface area contributed by atoms with Gasteiger partial charge in [0.2, 0.25) is 0 Å². The molecule has 39 heavy (non-hydrogen) atoms. The van der Waals surface area contributed by atoms with Gasteiger partial charge in [0.05, 0.1) is 0 Å². The van der Waals surface area contributed by atoms with Crippen molar-refractivity contribution in [1.29, 1.82) is 0 Å². The molecule has 4 nitrogen and oxygen atoms in total. The average molecular weight is 500 g/mol. The topological polar surface area (TPSA) is 51.8 Å². The lowest BCUT2D eigenvalue weighted by molar-refractivity contribution is 0.669. The van der Waals surface area contributed by atoms with Gasteiger partial charge in [-0.2, -0.15) is 0 Å². The fourth-order valence-corrected chi connectivity index (χ4v) is 5.45. The summed E-state index contributed by atoms with van der Waals surface area (Å²) in [6.45, 7) is 0. The minimum atomic E-state index is 0.620. The second kappa shape index (κ2) is 8.61. The molecule has 0 aliphatic carbocycles. The molecule has 8 rings (SSSR count). The van der Waals surface area contributed by atoms with Crippen molar-refractivity contribution in [2.75, 3.05) is 0 Å². The summed E-state index contributed by atoms with van der Waals surface area (Å²) in [6.07, 6.45) is 0. The summed E-state index contributed by atoms with van der Waals surface area (Å²) >= 11 is 0. The highest BCUT2D eigenvalue weighted by atomic mass is 16.3. The van der Waals surface area contributed by atoms with E-state index in [2.05, 4.69) is 66.7 Å². The number of para-hydroxylation sites is 1. The smallest absolute Gasteiger partial charge is 0.164 e. The molecule has 8 aromatic rings. The molecule has 0 N–H and O–H groups in total. The molecule has 0 saturated heterocycles. The second-order valence-corrected chi connectivity index (χ2v) is 9.67. The van der Waals surface area contributed by atoms with Crippen LogP contribution in [0.3, 0.4) is 0 Å². The van der Waals surface area contributed by atoms with Crippen molar-refractivity contribution in [1.82, 2.24) is 15.0 Å². The second-order valence-electron chi connectivity index (χ2n) is 9.67. The quantitative estimate of drug-likeness (QED) is 0.228. The zero-order valence-corrected chi connectivity index (χ0v) is 20.9. The van der Waals surface area contributed by atoms with E-state index in [9.17, 15) is 0 Å². The number of hydrogen-bond donors (Lipinski definition) is 0. The van der Waals surface area contributed by atoms with Crippen LogP contribution in [0.15, 0.2) is 132 Å². The first-order valence-corrected chi connectivity index (χ1v) is 13.0. The SMILES string of the molecule is c1ccc(-c2nc(-c3ccc4c(ccc5ccccc54)c3)nc(-c3cccc4oc5ccccc5c34)n2)cc1. The Bertz CT molecular complexity index is 2180. The maximum atomic E-state index is 6.16. The molecule has 0 amide bonds. The summed E-state index contributed by atoms with van der Waals surface area (Å²) < 4.78 is 6.16. The standard InChI is InChI=1S/C35H21N3O/c1-2-10-23(11-3-1)33-36-34(25-19-20-27-24(21-25)18-17-22-9-4-5-12-26(22)27)38-35(37-33)29-14-8-16-31-32(29)28-13-6-7-15-30(28)39-31/h1-21H. The number of hydrogen-bond acceptors (Lipinski definition) is 4. The van der Waals surface area contributed by atoms with Crippen molar-refractivity contribution in [3.63, 3.8) is 0 Å². The van der Waals surface area contributed by atoms with Gasteiger partial charge in [-0.15, -0.1) is 0 Å². The number of fused-ring (bicyclic) bond motifs is 6. The molecule has 0 radical (unpaired) electrons. The van der Waals surface area contributed by atoms with Gasteiger partial charge in [-0.3, -0.25) is 0 Å². The lowest BCUT2D eigenvalue weighted by Gasteiger charge is -2.10. The highest BCUT2D eigenvalue weighted by Gasteiger charge is 2.17. The van der Waals surface area contributed by atoms with Crippen LogP contribution in [0.1, 0.15) is 0 Å². The number of benzene rings is 6. The normalized spacial score (nSPS) is 11.6. The monoisotopic (exact) mass is 499 g/mol. The third-order valence-corrected chi connectivity index (χ3v) is 7.31. The van der Waals surface area contributed by atoms with Crippen molar-refractivity contribution in [3.8, 4) is 34.2 Å². The Labute approximate surface area is 224 Å². The Balaban J connectivity index is 1.38. The molecule has 182 valence electrons. The van der Waals surface area contributed by atoms with E-state index in [4.69, 9.17) is 19.4 Å². The van der Waals surface area contributed by atoms with Gasteiger partial charge in [0, 0.05) is 27.5 Å². The van der Waals surface area contributed by atoms with Crippen molar-refractivity contribution in [3.05, 3.63) is 127 Å². The molecule has 2 heterocycles. The van der Waals surface area contributed by atoms with E-state index >= 15 is 0 Å². The van der Waals surface area contributed by atoms with Gasteiger partial charge < -0.3 is 4.42 Å². The molecular formula is C35H21N3O. The third kappa shape index (κ3) is 3.57. The minimum absolute atomic E-state index is 0.620. The van der Waals surface area contributed by atoms with Gasteiger partial charge in [0.1, 0.15) is 11.2 Å². The molecular weight excluding hydrogens is 478 g/mol. The molecule has 2 aromatic heterocycles. The van der Waals surface area contributed by atoms with Gasteiger partial charge in [0.15, 0.2) is 17.5 Å². The first kappa shape index (κ1) is 21.7. The summed E-state index contributed by atoms with van der Waals surface area (Å²) in [6, 6.07) is 43.5. The van der Waals surface area contributed by atoms with E-state index in [1.807, 2.05) is 60.7 Å². The van der Waals surface area contributed by atoms with E-state index < -0.39 is 0 Å². The average Bonchev–Trinajstić information content (AvgIpc) is 3.40. The number of aromatic nitrogens is 3. The maximum Gasteiger partial charge on any atom is 0.164 e. The molecule has 0 atom stereocenters. The molecule has 0 spiro atoms. The van der Waals surface area contributed by atoms with Crippen molar-refractivity contribution in [2.45, 2.75) is 0 Å². The largest absolute Gasteiger partial charge is 0.456 e. The van der Waals surface area contributed by atoms with E-state index in [1.165, 1.54) is 16.2 Å². The Morgan fingerprint density at radius 3 is 1.97 bits per heavy atom. The predicted molar refractivity (Wildman–Crippen MR) is 158 cm³/mol. The first-order valence-electron chi connectivity index (χ1n) is 13.0. The van der Waals surface area contributed by atoms with Crippen molar-refractivity contribution in [2.24, 2.45) is 0 Å². The Morgan fingerprint density at radius 2 is 1.08 bits per heavy atom. The van der Waals surface area contributed by atoms with Gasteiger partial charge in [-0.1, -0.05) is 109 Å². The van der Waals surface area contributed by atoms with Crippen LogP contribution in [0.2, 0.25) is 0 Å². The van der Waals surface area contributed by atoms with Crippen molar-refractivity contribution < 1.29 is 4.42 Å².